The standard InChI is InChI=1S/C7H3ClF3IO/c8-5-3(7(9,10)11)1-2-4(12)6(5)13/h1-2,13H. The molecule has 1 aromatic carbocycles. The molecule has 0 unspecified atom stereocenters. The molecule has 72 valence electrons. The third-order valence-electron chi connectivity index (χ3n) is 1.37. The third-order valence-corrected chi connectivity index (χ3v) is 2.63. The van der Waals surface area contributed by atoms with Gasteiger partial charge in [0, 0.05) is 0 Å². The van der Waals surface area contributed by atoms with Crippen molar-refractivity contribution in [1.29, 1.82) is 0 Å². The van der Waals surface area contributed by atoms with Crippen LogP contribution in [0.5, 0.6) is 5.75 Å². The van der Waals surface area contributed by atoms with Gasteiger partial charge in [-0.3, -0.25) is 0 Å². The molecule has 6 heteroatoms. The number of halogens is 5. The summed E-state index contributed by atoms with van der Waals surface area (Å²) in [5.41, 5.74) is -1.02. The van der Waals surface area contributed by atoms with E-state index in [1.807, 2.05) is 0 Å². The highest BCUT2D eigenvalue weighted by molar-refractivity contribution is 14.1. The Labute approximate surface area is 90.7 Å². The zero-order valence-corrected chi connectivity index (χ0v) is 8.91. The van der Waals surface area contributed by atoms with Crippen molar-refractivity contribution < 1.29 is 18.3 Å². The average Bonchev–Trinajstić information content (AvgIpc) is 1.98. The van der Waals surface area contributed by atoms with Crippen LogP contribution in [0.2, 0.25) is 5.02 Å². The van der Waals surface area contributed by atoms with E-state index in [1.165, 1.54) is 0 Å². The van der Waals surface area contributed by atoms with E-state index in [2.05, 4.69) is 0 Å². The number of benzene rings is 1. The lowest BCUT2D eigenvalue weighted by Gasteiger charge is -2.10. The first-order valence-corrected chi connectivity index (χ1v) is 4.54. The van der Waals surface area contributed by atoms with Crippen molar-refractivity contribution in [2.45, 2.75) is 6.18 Å². The predicted octanol–water partition coefficient (Wildman–Crippen LogP) is 3.67. The van der Waals surface area contributed by atoms with Crippen LogP contribution in [0.1, 0.15) is 5.56 Å². The van der Waals surface area contributed by atoms with Crippen molar-refractivity contribution in [3.63, 3.8) is 0 Å². The second kappa shape index (κ2) is 3.53. The van der Waals surface area contributed by atoms with Gasteiger partial charge in [-0.15, -0.1) is 0 Å². The lowest BCUT2D eigenvalue weighted by atomic mass is 10.2. The van der Waals surface area contributed by atoms with Gasteiger partial charge in [-0.05, 0) is 34.7 Å². The van der Waals surface area contributed by atoms with Crippen molar-refractivity contribution in [3.8, 4) is 5.75 Å². The number of rotatable bonds is 0. The van der Waals surface area contributed by atoms with Gasteiger partial charge in [0.25, 0.3) is 0 Å². The van der Waals surface area contributed by atoms with Crippen LogP contribution in [0.15, 0.2) is 12.1 Å². The number of aromatic hydroxyl groups is 1. The van der Waals surface area contributed by atoms with Gasteiger partial charge >= 0.3 is 6.18 Å². The molecule has 0 bridgehead atoms. The molecule has 13 heavy (non-hydrogen) atoms. The fourth-order valence-corrected chi connectivity index (χ4v) is 1.64. The fourth-order valence-electron chi connectivity index (χ4n) is 0.760. The summed E-state index contributed by atoms with van der Waals surface area (Å²) in [5.74, 6) is -0.530. The normalized spacial score (nSPS) is 11.8. The number of phenolic OH excluding ortho intramolecular Hbond substituents is 1. The van der Waals surface area contributed by atoms with Crippen LogP contribution in [0, 0.1) is 3.57 Å². The zero-order chi connectivity index (χ0) is 10.2. The maximum absolute atomic E-state index is 12.2. The first-order valence-electron chi connectivity index (χ1n) is 3.08. The Morgan fingerprint density at radius 1 is 1.31 bits per heavy atom. The van der Waals surface area contributed by atoms with E-state index in [9.17, 15) is 13.2 Å². The smallest absolute Gasteiger partial charge is 0.417 e. The summed E-state index contributed by atoms with van der Waals surface area (Å²) in [6.07, 6.45) is -4.53. The Morgan fingerprint density at radius 3 is 2.31 bits per heavy atom. The summed E-state index contributed by atoms with van der Waals surface area (Å²) in [6.45, 7) is 0. The lowest BCUT2D eigenvalue weighted by Crippen LogP contribution is -2.05. The van der Waals surface area contributed by atoms with Crippen LogP contribution >= 0.6 is 34.2 Å². The lowest BCUT2D eigenvalue weighted by molar-refractivity contribution is -0.137. The number of alkyl halides is 3. The minimum Gasteiger partial charge on any atom is -0.505 e. The minimum atomic E-state index is -4.53. The maximum atomic E-state index is 12.2. The Kier molecular flexibility index (Phi) is 2.96. The molecule has 0 saturated heterocycles. The monoisotopic (exact) mass is 322 g/mol. The Hall–Kier alpha value is -0.170. The van der Waals surface area contributed by atoms with Crippen molar-refractivity contribution in [3.05, 3.63) is 26.3 Å². The molecule has 0 spiro atoms. The summed E-state index contributed by atoms with van der Waals surface area (Å²) < 4.78 is 36.8. The summed E-state index contributed by atoms with van der Waals surface area (Å²) >= 11 is 7.00. The number of hydrogen-bond acceptors (Lipinski definition) is 1. The molecule has 1 aromatic rings. The van der Waals surface area contributed by atoms with Gasteiger partial charge < -0.3 is 5.11 Å². The highest BCUT2D eigenvalue weighted by atomic mass is 127. The van der Waals surface area contributed by atoms with Crippen LogP contribution in [-0.4, -0.2) is 5.11 Å². The van der Waals surface area contributed by atoms with E-state index in [-0.39, 0.29) is 3.57 Å². The summed E-state index contributed by atoms with van der Waals surface area (Å²) in [5, 5.41) is 8.46. The molecule has 0 amide bonds. The van der Waals surface area contributed by atoms with Crippen LogP contribution < -0.4 is 0 Å². The largest absolute Gasteiger partial charge is 0.505 e. The molecular formula is C7H3ClF3IO. The second-order valence-corrected chi connectivity index (χ2v) is 3.80. The average molecular weight is 322 g/mol. The van der Waals surface area contributed by atoms with Crippen LogP contribution in [-0.2, 0) is 6.18 Å². The van der Waals surface area contributed by atoms with Crippen molar-refractivity contribution in [2.75, 3.05) is 0 Å². The van der Waals surface area contributed by atoms with Gasteiger partial charge in [0.15, 0.2) is 0 Å². The van der Waals surface area contributed by atoms with Crippen LogP contribution in [0.4, 0.5) is 13.2 Å². The topological polar surface area (TPSA) is 20.2 Å². The van der Waals surface area contributed by atoms with E-state index in [0.717, 1.165) is 12.1 Å². The molecule has 0 fully saturated rings. The van der Waals surface area contributed by atoms with E-state index in [0.29, 0.717) is 0 Å². The molecule has 0 saturated carbocycles. The third kappa shape index (κ3) is 2.19. The molecule has 0 radical (unpaired) electrons. The Balaban J connectivity index is 3.35. The molecule has 0 aromatic heterocycles. The Bertz CT molecular complexity index is 337. The molecule has 0 aliphatic carbocycles. The van der Waals surface area contributed by atoms with Gasteiger partial charge in [-0.1, -0.05) is 11.6 Å². The summed E-state index contributed by atoms with van der Waals surface area (Å²) in [6, 6.07) is 1.99. The van der Waals surface area contributed by atoms with Crippen molar-refractivity contribution >= 4 is 34.2 Å². The van der Waals surface area contributed by atoms with E-state index < -0.39 is 22.5 Å². The molecule has 0 atom stereocenters. The van der Waals surface area contributed by atoms with Gasteiger partial charge in [-0.25, -0.2) is 0 Å². The van der Waals surface area contributed by atoms with Crippen molar-refractivity contribution in [1.82, 2.24) is 0 Å². The summed E-state index contributed by atoms with van der Waals surface area (Å²) in [4.78, 5) is 0. The minimum absolute atomic E-state index is 0.288. The number of phenols is 1. The SMILES string of the molecule is Oc1c(I)ccc(C(F)(F)F)c1Cl. The van der Waals surface area contributed by atoms with Gasteiger partial charge in [0.1, 0.15) is 5.75 Å². The van der Waals surface area contributed by atoms with Gasteiger partial charge in [0.2, 0.25) is 0 Å². The summed E-state index contributed by atoms with van der Waals surface area (Å²) in [7, 11) is 0. The first-order chi connectivity index (χ1) is 5.84. The van der Waals surface area contributed by atoms with E-state index in [4.69, 9.17) is 16.7 Å². The molecule has 0 aliphatic rings. The Morgan fingerprint density at radius 2 is 1.85 bits per heavy atom. The molecule has 0 heterocycles. The first kappa shape index (κ1) is 10.9. The van der Waals surface area contributed by atoms with Crippen molar-refractivity contribution in [2.24, 2.45) is 0 Å². The van der Waals surface area contributed by atoms with Gasteiger partial charge in [-0.2, -0.15) is 13.2 Å². The fraction of sp³-hybridized carbons (Fsp3) is 0.143. The predicted molar refractivity (Wildman–Crippen MR) is 50.8 cm³/mol. The molecular weight excluding hydrogens is 319 g/mol. The van der Waals surface area contributed by atoms with Crippen LogP contribution in [0.3, 0.4) is 0 Å². The molecule has 1 rings (SSSR count). The highest BCUT2D eigenvalue weighted by Crippen LogP contribution is 2.40. The van der Waals surface area contributed by atoms with E-state index in [1.54, 1.807) is 22.6 Å². The molecule has 0 aliphatic heterocycles. The zero-order valence-electron chi connectivity index (χ0n) is 5.99. The highest BCUT2D eigenvalue weighted by Gasteiger charge is 2.34. The quantitative estimate of drug-likeness (QED) is 0.723. The second-order valence-electron chi connectivity index (χ2n) is 2.26. The number of hydrogen-bond donors (Lipinski definition) is 1. The molecule has 1 nitrogen and oxygen atoms in total. The van der Waals surface area contributed by atoms with Crippen LogP contribution in [0.25, 0.3) is 0 Å². The maximum Gasteiger partial charge on any atom is 0.417 e. The van der Waals surface area contributed by atoms with E-state index >= 15 is 0 Å². The van der Waals surface area contributed by atoms with Gasteiger partial charge in [0.05, 0.1) is 14.2 Å². The molecule has 1 N–H and O–H groups in total.